The first-order valence-electron chi connectivity index (χ1n) is 8.65. The normalized spacial score (nSPS) is 23.7. The zero-order chi connectivity index (χ0) is 17.8. The van der Waals surface area contributed by atoms with E-state index in [1.54, 1.807) is 4.90 Å². The second-order valence-electron chi connectivity index (χ2n) is 7.12. The van der Waals surface area contributed by atoms with Crippen molar-refractivity contribution in [2.45, 2.75) is 37.6 Å². The van der Waals surface area contributed by atoms with Gasteiger partial charge in [0.2, 0.25) is 5.91 Å². The second kappa shape index (κ2) is 5.74. The number of carbonyl (C=O) groups excluding carboxylic acids is 1. The number of H-pyrrole nitrogens is 1. The van der Waals surface area contributed by atoms with Crippen LogP contribution in [-0.2, 0) is 20.0 Å². The number of hydrogen-bond acceptors (Lipinski definition) is 3. The summed E-state index contributed by atoms with van der Waals surface area (Å²) in [6.07, 6.45) is 4.03. The molecule has 4 rings (SSSR count). The summed E-state index contributed by atoms with van der Waals surface area (Å²) in [5, 5.41) is 1.62. The molecular formula is C18H21ClN2O3S. The molecule has 25 heavy (non-hydrogen) atoms. The number of halogens is 1. The Kier molecular flexibility index (Phi) is 3.88. The molecule has 5 nitrogen and oxygen atoms in total. The molecule has 134 valence electrons. The van der Waals surface area contributed by atoms with Gasteiger partial charge in [-0.25, -0.2) is 8.42 Å². The second-order valence-corrected chi connectivity index (χ2v) is 9.79. The summed E-state index contributed by atoms with van der Waals surface area (Å²) >= 11 is 6.15. The molecule has 0 bridgehead atoms. The van der Waals surface area contributed by atoms with Crippen molar-refractivity contribution >= 4 is 38.2 Å². The number of aromatic amines is 1. The molecule has 1 aromatic carbocycles. The first kappa shape index (κ1) is 16.9. The predicted octanol–water partition coefficient (Wildman–Crippen LogP) is 2.89. The Labute approximate surface area is 152 Å². The van der Waals surface area contributed by atoms with Gasteiger partial charge in [-0.15, -0.1) is 0 Å². The summed E-state index contributed by atoms with van der Waals surface area (Å²) in [5.74, 6) is 0.317. The highest BCUT2D eigenvalue weighted by molar-refractivity contribution is 7.91. The highest BCUT2D eigenvalue weighted by Crippen LogP contribution is 2.52. The third-order valence-corrected chi connectivity index (χ3v) is 7.55. The summed E-state index contributed by atoms with van der Waals surface area (Å²) in [4.78, 5) is 18.4. The van der Waals surface area contributed by atoms with E-state index in [9.17, 15) is 13.2 Å². The van der Waals surface area contributed by atoms with Crippen molar-refractivity contribution in [1.29, 1.82) is 0 Å². The lowest BCUT2D eigenvalue weighted by molar-refractivity contribution is -0.135. The molecule has 1 unspecified atom stereocenters. The van der Waals surface area contributed by atoms with Gasteiger partial charge in [0.15, 0.2) is 9.84 Å². The van der Waals surface area contributed by atoms with Gasteiger partial charge in [-0.2, -0.15) is 0 Å². The average Bonchev–Trinajstić information content (AvgIpc) is 3.14. The Balaban J connectivity index is 1.69. The molecule has 1 saturated heterocycles. The first-order valence-corrected chi connectivity index (χ1v) is 10.8. The van der Waals surface area contributed by atoms with Crippen molar-refractivity contribution in [2.24, 2.45) is 0 Å². The van der Waals surface area contributed by atoms with E-state index in [0.717, 1.165) is 29.3 Å². The van der Waals surface area contributed by atoms with Crippen LogP contribution in [0.5, 0.6) is 0 Å². The van der Waals surface area contributed by atoms with Crippen LogP contribution >= 0.6 is 11.6 Å². The van der Waals surface area contributed by atoms with Crippen LogP contribution in [0.4, 0.5) is 0 Å². The molecule has 2 heterocycles. The van der Waals surface area contributed by atoms with Gasteiger partial charge in [0.05, 0.1) is 16.9 Å². The lowest BCUT2D eigenvalue weighted by Gasteiger charge is -2.31. The van der Waals surface area contributed by atoms with E-state index in [1.165, 1.54) is 0 Å². The minimum absolute atomic E-state index is 0.0537. The topological polar surface area (TPSA) is 70.2 Å². The molecule has 1 amide bonds. The molecule has 1 aromatic heterocycles. The highest BCUT2D eigenvalue weighted by atomic mass is 35.5. The number of amides is 1. The van der Waals surface area contributed by atoms with Gasteiger partial charge in [0, 0.05) is 34.7 Å². The Bertz CT molecular complexity index is 946. The Morgan fingerprint density at radius 2 is 2.16 bits per heavy atom. The maximum Gasteiger partial charge on any atom is 0.233 e. The van der Waals surface area contributed by atoms with Crippen LogP contribution in [0.2, 0.25) is 5.02 Å². The van der Waals surface area contributed by atoms with Crippen molar-refractivity contribution in [3.8, 4) is 0 Å². The average molecular weight is 381 g/mol. The van der Waals surface area contributed by atoms with Gasteiger partial charge in [-0.1, -0.05) is 11.6 Å². The van der Waals surface area contributed by atoms with Gasteiger partial charge in [-0.05, 0) is 49.9 Å². The molecule has 1 aliphatic carbocycles. The molecule has 2 aromatic rings. The molecule has 1 aliphatic heterocycles. The van der Waals surface area contributed by atoms with Gasteiger partial charge in [0.25, 0.3) is 0 Å². The van der Waals surface area contributed by atoms with Crippen LogP contribution in [-0.4, -0.2) is 48.3 Å². The molecule has 0 radical (unpaired) electrons. The van der Waals surface area contributed by atoms with Crippen LogP contribution in [0.3, 0.4) is 0 Å². The van der Waals surface area contributed by atoms with E-state index in [2.05, 4.69) is 4.98 Å². The first-order chi connectivity index (χ1) is 11.9. The largest absolute Gasteiger partial charge is 0.361 e. The molecule has 1 saturated carbocycles. The summed E-state index contributed by atoms with van der Waals surface area (Å²) in [6.45, 7) is 2.45. The van der Waals surface area contributed by atoms with Crippen LogP contribution < -0.4 is 0 Å². The fourth-order valence-corrected chi connectivity index (χ4v) is 5.98. The van der Waals surface area contributed by atoms with E-state index in [0.29, 0.717) is 18.0 Å². The lowest BCUT2D eigenvalue weighted by atomic mass is 9.93. The summed E-state index contributed by atoms with van der Waals surface area (Å²) < 4.78 is 23.7. The van der Waals surface area contributed by atoms with Crippen LogP contribution in [0.1, 0.15) is 31.7 Å². The molecule has 2 aliphatic rings. The molecular weight excluding hydrogens is 360 g/mol. The van der Waals surface area contributed by atoms with Crippen molar-refractivity contribution < 1.29 is 13.2 Å². The van der Waals surface area contributed by atoms with Gasteiger partial charge < -0.3 is 9.88 Å². The Morgan fingerprint density at radius 3 is 2.76 bits per heavy atom. The van der Waals surface area contributed by atoms with E-state index in [-0.39, 0.29) is 23.5 Å². The van der Waals surface area contributed by atoms with Crippen molar-refractivity contribution in [3.05, 3.63) is 35.0 Å². The quantitative estimate of drug-likeness (QED) is 0.886. The number of carbonyl (C=O) groups is 1. The van der Waals surface area contributed by atoms with Crippen molar-refractivity contribution in [2.75, 3.05) is 18.1 Å². The number of aromatic nitrogens is 1. The number of nitrogens with one attached hydrogen (secondary N) is 1. The third-order valence-electron chi connectivity index (χ3n) is 5.57. The number of likely N-dealkylation sites (N-methyl/N-ethyl adjacent to an activating group) is 1. The zero-order valence-electron chi connectivity index (χ0n) is 14.1. The number of benzene rings is 1. The monoisotopic (exact) mass is 380 g/mol. The highest BCUT2D eigenvalue weighted by Gasteiger charge is 2.55. The van der Waals surface area contributed by atoms with Crippen molar-refractivity contribution in [1.82, 2.24) is 9.88 Å². The number of rotatable bonds is 4. The molecule has 0 spiro atoms. The van der Waals surface area contributed by atoms with Crippen molar-refractivity contribution in [3.63, 3.8) is 0 Å². The zero-order valence-corrected chi connectivity index (χ0v) is 15.7. The predicted molar refractivity (Wildman–Crippen MR) is 98.7 cm³/mol. The smallest absolute Gasteiger partial charge is 0.233 e. The summed E-state index contributed by atoms with van der Waals surface area (Å²) in [5.41, 5.74) is 1.41. The fraction of sp³-hybridized carbons (Fsp3) is 0.500. The van der Waals surface area contributed by atoms with Crippen LogP contribution in [0.25, 0.3) is 10.9 Å². The SMILES string of the molecule is CCN(C(=O)C1(c2c[nH]c3ccc(Cl)cc23)CC1)C1CCS(=O)(=O)C1. The maximum atomic E-state index is 13.4. The van der Waals surface area contributed by atoms with Gasteiger partial charge >= 0.3 is 0 Å². The fourth-order valence-electron chi connectivity index (χ4n) is 4.08. The number of fused-ring (bicyclic) bond motifs is 1. The minimum atomic E-state index is -3.02. The van der Waals surface area contributed by atoms with E-state index >= 15 is 0 Å². The summed E-state index contributed by atoms with van der Waals surface area (Å²) in [7, 11) is -3.02. The Morgan fingerprint density at radius 1 is 1.40 bits per heavy atom. The molecule has 1 atom stereocenters. The molecule has 7 heteroatoms. The standard InChI is InChI=1S/C18H21ClN2O3S/c1-2-21(13-5-8-25(23,24)11-13)17(22)18(6-7-18)15-10-20-16-4-3-12(19)9-14(15)16/h3-4,9-10,13,20H,2,5-8,11H2,1H3. The number of sulfone groups is 1. The van der Waals surface area contributed by atoms with Crippen LogP contribution in [0.15, 0.2) is 24.4 Å². The van der Waals surface area contributed by atoms with Gasteiger partial charge in [-0.3, -0.25) is 4.79 Å². The number of nitrogens with zero attached hydrogens (tertiary/aromatic N) is 1. The van der Waals surface area contributed by atoms with Gasteiger partial charge in [0.1, 0.15) is 0 Å². The van der Waals surface area contributed by atoms with Crippen LogP contribution in [0, 0.1) is 0 Å². The summed E-state index contributed by atoms with van der Waals surface area (Å²) in [6, 6.07) is 5.44. The lowest BCUT2D eigenvalue weighted by Crippen LogP contribution is -2.46. The third kappa shape index (κ3) is 2.75. The molecule has 2 fully saturated rings. The molecule has 1 N–H and O–H groups in total. The van der Waals surface area contributed by atoms with E-state index in [4.69, 9.17) is 11.6 Å². The van der Waals surface area contributed by atoms with E-state index < -0.39 is 15.3 Å². The maximum absolute atomic E-state index is 13.4. The number of hydrogen-bond donors (Lipinski definition) is 1. The Hall–Kier alpha value is -1.53. The van der Waals surface area contributed by atoms with E-state index in [1.807, 2.05) is 31.3 Å². The minimum Gasteiger partial charge on any atom is -0.361 e.